The molecule has 5 nitrogen and oxygen atoms in total. The van der Waals surface area contributed by atoms with E-state index in [0.29, 0.717) is 17.8 Å². The minimum absolute atomic E-state index is 0.318. The number of carbonyl (C=O) groups is 2. The second kappa shape index (κ2) is 6.39. The second-order valence-corrected chi connectivity index (χ2v) is 5.34. The number of hydrogen-bond donors (Lipinski definition) is 0. The summed E-state index contributed by atoms with van der Waals surface area (Å²) in [5, 5.41) is 0. The standard InChI is InChI=1S/C17H19N3O2/c1-12-8-9-15(18-10-12)20(11-21)17(22)16-13(2)6-5-7-14(16)19(3)4/h5-11H,1-4H3. The van der Waals surface area contributed by atoms with Crippen molar-refractivity contribution in [3.05, 3.63) is 53.2 Å². The predicted octanol–water partition coefficient (Wildman–Crippen LogP) is 2.57. The Hall–Kier alpha value is -2.69. The molecule has 0 aliphatic carbocycles. The fourth-order valence-electron chi connectivity index (χ4n) is 2.23. The maximum Gasteiger partial charge on any atom is 0.268 e. The molecule has 0 saturated carbocycles. The number of aryl methyl sites for hydroxylation is 2. The van der Waals surface area contributed by atoms with Gasteiger partial charge in [0.25, 0.3) is 5.91 Å². The maximum atomic E-state index is 12.8. The molecule has 0 radical (unpaired) electrons. The van der Waals surface area contributed by atoms with E-state index in [-0.39, 0.29) is 5.91 Å². The number of pyridine rings is 1. The molecule has 0 spiro atoms. The number of anilines is 2. The van der Waals surface area contributed by atoms with E-state index >= 15 is 0 Å². The lowest BCUT2D eigenvalue weighted by Crippen LogP contribution is -2.32. The quantitative estimate of drug-likeness (QED) is 0.814. The Kier molecular flexibility index (Phi) is 4.56. The van der Waals surface area contributed by atoms with Crippen molar-refractivity contribution in [1.82, 2.24) is 4.98 Å². The van der Waals surface area contributed by atoms with Gasteiger partial charge in [-0.2, -0.15) is 0 Å². The molecule has 5 heteroatoms. The minimum atomic E-state index is -0.381. The molecule has 0 unspecified atom stereocenters. The first kappa shape index (κ1) is 15.7. The van der Waals surface area contributed by atoms with E-state index < -0.39 is 0 Å². The Morgan fingerprint density at radius 2 is 1.86 bits per heavy atom. The summed E-state index contributed by atoms with van der Waals surface area (Å²) in [6, 6.07) is 9.07. The number of amides is 2. The summed E-state index contributed by atoms with van der Waals surface area (Å²) in [7, 11) is 3.72. The summed E-state index contributed by atoms with van der Waals surface area (Å²) >= 11 is 0. The van der Waals surface area contributed by atoms with Crippen LogP contribution in [-0.4, -0.2) is 31.4 Å². The fraction of sp³-hybridized carbons (Fsp3) is 0.235. The van der Waals surface area contributed by atoms with Crippen LogP contribution in [0.5, 0.6) is 0 Å². The van der Waals surface area contributed by atoms with E-state index in [1.807, 2.05) is 57.1 Å². The van der Waals surface area contributed by atoms with Gasteiger partial charge in [-0.3, -0.25) is 9.59 Å². The summed E-state index contributed by atoms with van der Waals surface area (Å²) in [5.74, 6) is -0.0632. The van der Waals surface area contributed by atoms with Gasteiger partial charge in [0.2, 0.25) is 6.41 Å². The Morgan fingerprint density at radius 1 is 1.14 bits per heavy atom. The Morgan fingerprint density at radius 3 is 2.41 bits per heavy atom. The molecule has 0 atom stereocenters. The van der Waals surface area contributed by atoms with E-state index in [2.05, 4.69) is 4.98 Å². The van der Waals surface area contributed by atoms with E-state index in [1.165, 1.54) is 0 Å². The van der Waals surface area contributed by atoms with Gasteiger partial charge in [-0.25, -0.2) is 9.88 Å². The van der Waals surface area contributed by atoms with E-state index in [0.717, 1.165) is 21.7 Å². The van der Waals surface area contributed by atoms with Crippen LogP contribution in [0.2, 0.25) is 0 Å². The molecule has 22 heavy (non-hydrogen) atoms. The Balaban J connectivity index is 2.50. The molecule has 1 aromatic carbocycles. The number of rotatable bonds is 4. The van der Waals surface area contributed by atoms with Gasteiger partial charge in [0.1, 0.15) is 5.82 Å². The zero-order chi connectivity index (χ0) is 16.3. The first-order valence-electron chi connectivity index (χ1n) is 6.94. The molecule has 2 rings (SSSR count). The van der Waals surface area contributed by atoms with Crippen molar-refractivity contribution in [3.8, 4) is 0 Å². The highest BCUT2D eigenvalue weighted by atomic mass is 16.2. The smallest absolute Gasteiger partial charge is 0.268 e. The molecule has 1 aromatic heterocycles. The third kappa shape index (κ3) is 2.98. The number of nitrogens with zero attached hydrogens (tertiary/aromatic N) is 3. The van der Waals surface area contributed by atoms with Gasteiger partial charge in [0.15, 0.2) is 0 Å². The summed E-state index contributed by atoms with van der Waals surface area (Å²) in [5.41, 5.74) is 3.05. The zero-order valence-corrected chi connectivity index (χ0v) is 13.2. The largest absolute Gasteiger partial charge is 0.377 e. The third-order valence-corrected chi connectivity index (χ3v) is 3.41. The summed E-state index contributed by atoms with van der Waals surface area (Å²) in [6.07, 6.45) is 2.13. The SMILES string of the molecule is Cc1ccc(N(C=O)C(=O)c2c(C)cccc2N(C)C)nc1. The van der Waals surface area contributed by atoms with Gasteiger partial charge in [-0.1, -0.05) is 18.2 Å². The topological polar surface area (TPSA) is 53.5 Å². The molecule has 0 fully saturated rings. The van der Waals surface area contributed by atoms with Crippen molar-refractivity contribution in [3.63, 3.8) is 0 Å². The van der Waals surface area contributed by atoms with Crippen molar-refractivity contribution in [2.45, 2.75) is 13.8 Å². The lowest BCUT2D eigenvalue weighted by Gasteiger charge is -2.22. The number of benzene rings is 1. The van der Waals surface area contributed by atoms with Crippen LogP contribution in [0.1, 0.15) is 21.5 Å². The molecule has 0 aliphatic heterocycles. The van der Waals surface area contributed by atoms with Crippen molar-refractivity contribution in [2.24, 2.45) is 0 Å². The van der Waals surface area contributed by atoms with E-state index in [4.69, 9.17) is 0 Å². The van der Waals surface area contributed by atoms with Gasteiger partial charge >= 0.3 is 0 Å². The molecular weight excluding hydrogens is 278 g/mol. The normalized spacial score (nSPS) is 10.2. The highest BCUT2D eigenvalue weighted by Gasteiger charge is 2.23. The predicted molar refractivity (Wildman–Crippen MR) is 87.4 cm³/mol. The molecule has 0 aliphatic rings. The number of imide groups is 1. The molecule has 0 bridgehead atoms. The summed E-state index contributed by atoms with van der Waals surface area (Å²) in [6.45, 7) is 3.75. The van der Waals surface area contributed by atoms with Gasteiger partial charge in [-0.15, -0.1) is 0 Å². The molecule has 2 aromatic rings. The van der Waals surface area contributed by atoms with Gasteiger partial charge in [0.05, 0.1) is 5.56 Å². The highest BCUT2D eigenvalue weighted by Crippen LogP contribution is 2.25. The van der Waals surface area contributed by atoms with Crippen molar-refractivity contribution in [2.75, 3.05) is 23.9 Å². The maximum absolute atomic E-state index is 12.8. The third-order valence-electron chi connectivity index (χ3n) is 3.41. The van der Waals surface area contributed by atoms with Crippen molar-refractivity contribution < 1.29 is 9.59 Å². The number of carbonyl (C=O) groups excluding carboxylic acids is 2. The van der Waals surface area contributed by atoms with Crippen molar-refractivity contribution >= 4 is 23.8 Å². The second-order valence-electron chi connectivity index (χ2n) is 5.34. The molecule has 0 saturated heterocycles. The first-order chi connectivity index (χ1) is 10.5. The summed E-state index contributed by atoms with van der Waals surface area (Å²) in [4.78, 5) is 31.3. The first-order valence-corrected chi connectivity index (χ1v) is 6.94. The molecule has 2 amide bonds. The van der Waals surface area contributed by atoms with Crippen LogP contribution in [0.15, 0.2) is 36.5 Å². The van der Waals surface area contributed by atoms with Crippen LogP contribution in [0.25, 0.3) is 0 Å². The molecule has 1 heterocycles. The van der Waals surface area contributed by atoms with Gasteiger partial charge < -0.3 is 4.90 Å². The monoisotopic (exact) mass is 297 g/mol. The van der Waals surface area contributed by atoms with Crippen LogP contribution < -0.4 is 9.80 Å². The highest BCUT2D eigenvalue weighted by molar-refractivity contribution is 6.18. The molecule has 0 N–H and O–H groups in total. The van der Waals surface area contributed by atoms with Crippen LogP contribution in [0.4, 0.5) is 11.5 Å². The number of aromatic nitrogens is 1. The fourth-order valence-corrected chi connectivity index (χ4v) is 2.23. The van der Waals surface area contributed by atoms with Gasteiger partial charge in [0, 0.05) is 26.0 Å². The Bertz CT molecular complexity index is 694. The van der Waals surface area contributed by atoms with E-state index in [9.17, 15) is 9.59 Å². The molecular formula is C17H19N3O2. The van der Waals surface area contributed by atoms with Crippen LogP contribution in [0.3, 0.4) is 0 Å². The average molecular weight is 297 g/mol. The number of hydrogen-bond acceptors (Lipinski definition) is 4. The van der Waals surface area contributed by atoms with Crippen molar-refractivity contribution in [1.29, 1.82) is 0 Å². The van der Waals surface area contributed by atoms with Crippen LogP contribution >= 0.6 is 0 Å². The lowest BCUT2D eigenvalue weighted by atomic mass is 10.0. The van der Waals surface area contributed by atoms with E-state index in [1.54, 1.807) is 12.3 Å². The zero-order valence-electron chi connectivity index (χ0n) is 13.2. The average Bonchev–Trinajstić information content (AvgIpc) is 2.49. The minimum Gasteiger partial charge on any atom is -0.377 e. The lowest BCUT2D eigenvalue weighted by molar-refractivity contribution is -0.107. The van der Waals surface area contributed by atoms with Crippen LogP contribution in [-0.2, 0) is 4.79 Å². The van der Waals surface area contributed by atoms with Crippen LogP contribution in [0, 0.1) is 13.8 Å². The Labute approximate surface area is 130 Å². The molecule has 114 valence electrons. The van der Waals surface area contributed by atoms with Gasteiger partial charge in [-0.05, 0) is 37.1 Å². The summed E-state index contributed by atoms with van der Waals surface area (Å²) < 4.78 is 0.